The molecule has 0 atom stereocenters. The normalized spacial score (nSPS) is 16.1. The molecule has 3 N–H and O–H groups in total. The maximum absolute atomic E-state index is 12.3. The summed E-state index contributed by atoms with van der Waals surface area (Å²) in [5.74, 6) is -0.925. The number of anilines is 1. The number of nitrogens with zero attached hydrogens (tertiary/aromatic N) is 1. The van der Waals surface area contributed by atoms with Crippen molar-refractivity contribution in [2.75, 3.05) is 12.3 Å². The van der Waals surface area contributed by atoms with Crippen LogP contribution in [0.3, 0.4) is 0 Å². The molecule has 0 saturated heterocycles. The first-order valence-corrected chi connectivity index (χ1v) is 7.93. The zero-order chi connectivity index (χ0) is 15.8. The summed E-state index contributed by atoms with van der Waals surface area (Å²) < 4.78 is 25.3. The van der Waals surface area contributed by atoms with Gasteiger partial charge in [-0.25, -0.2) is 12.7 Å². The largest absolute Gasteiger partial charge is 0.399 e. The molecule has 1 aliphatic heterocycles. The van der Waals surface area contributed by atoms with Crippen molar-refractivity contribution < 1.29 is 18.0 Å². The summed E-state index contributed by atoms with van der Waals surface area (Å²) in [5, 5.41) is 2.65. The van der Waals surface area contributed by atoms with Gasteiger partial charge in [0.05, 0.1) is 5.56 Å². The third-order valence-electron chi connectivity index (χ3n) is 3.02. The van der Waals surface area contributed by atoms with Gasteiger partial charge in [-0.3, -0.25) is 9.59 Å². The lowest BCUT2D eigenvalue weighted by molar-refractivity contribution is -0.121. The van der Waals surface area contributed by atoms with Gasteiger partial charge in [-0.05, 0) is 32.0 Å². The molecule has 0 aromatic heterocycles. The maximum atomic E-state index is 12.3. The summed E-state index contributed by atoms with van der Waals surface area (Å²) in [7, 11) is -3.92. The number of amides is 2. The summed E-state index contributed by atoms with van der Waals surface area (Å²) in [4.78, 5) is 23.6. The van der Waals surface area contributed by atoms with Gasteiger partial charge in [-0.1, -0.05) is 0 Å². The van der Waals surface area contributed by atoms with E-state index in [0.717, 1.165) is 4.31 Å². The number of rotatable bonds is 4. The molecule has 0 spiro atoms. The molecule has 1 aromatic rings. The number of nitrogen functional groups attached to an aromatic ring is 1. The average molecular weight is 311 g/mol. The SMILES string of the molecule is CC(C)NC(=O)CCN1C(=O)c2ccc(N)cc2S1(=O)=O. The molecule has 8 heteroatoms. The van der Waals surface area contributed by atoms with E-state index in [4.69, 9.17) is 5.73 Å². The minimum Gasteiger partial charge on any atom is -0.399 e. The molecule has 21 heavy (non-hydrogen) atoms. The Hall–Kier alpha value is -2.09. The molecule has 0 bridgehead atoms. The number of nitrogens with one attached hydrogen (secondary N) is 1. The van der Waals surface area contributed by atoms with Crippen molar-refractivity contribution in [3.8, 4) is 0 Å². The first kappa shape index (κ1) is 15.3. The number of benzene rings is 1. The molecule has 1 aromatic carbocycles. The third-order valence-corrected chi connectivity index (χ3v) is 4.84. The summed E-state index contributed by atoms with van der Waals surface area (Å²) in [5.41, 5.74) is 5.92. The molecule has 0 aliphatic carbocycles. The average Bonchev–Trinajstić information content (AvgIpc) is 2.54. The maximum Gasteiger partial charge on any atom is 0.269 e. The number of fused-ring (bicyclic) bond motifs is 1. The first-order chi connectivity index (χ1) is 9.73. The minimum absolute atomic E-state index is 0.0413. The molecule has 0 fully saturated rings. The molecular formula is C13H17N3O4S. The van der Waals surface area contributed by atoms with Crippen molar-refractivity contribution >= 4 is 27.5 Å². The highest BCUT2D eigenvalue weighted by Crippen LogP contribution is 2.31. The molecule has 2 amide bonds. The van der Waals surface area contributed by atoms with Crippen LogP contribution in [0.15, 0.2) is 23.1 Å². The number of sulfonamides is 1. The van der Waals surface area contributed by atoms with E-state index in [1.54, 1.807) is 13.8 Å². The lowest BCUT2D eigenvalue weighted by Gasteiger charge is -2.15. The molecule has 0 radical (unpaired) electrons. The van der Waals surface area contributed by atoms with Gasteiger partial charge in [-0.15, -0.1) is 0 Å². The first-order valence-electron chi connectivity index (χ1n) is 6.49. The second kappa shape index (κ2) is 5.36. The predicted molar refractivity (Wildman–Crippen MR) is 77.0 cm³/mol. The molecular weight excluding hydrogens is 294 g/mol. The van der Waals surface area contributed by atoms with Crippen LogP contribution < -0.4 is 11.1 Å². The Morgan fingerprint density at radius 2 is 2.05 bits per heavy atom. The Labute approximate surface area is 123 Å². The van der Waals surface area contributed by atoms with Gasteiger partial charge < -0.3 is 11.1 Å². The van der Waals surface area contributed by atoms with Crippen molar-refractivity contribution in [2.45, 2.75) is 31.2 Å². The van der Waals surface area contributed by atoms with Gasteiger partial charge in [0.1, 0.15) is 4.90 Å². The molecule has 114 valence electrons. The third kappa shape index (κ3) is 2.85. The monoisotopic (exact) mass is 311 g/mol. The van der Waals surface area contributed by atoms with Crippen LogP contribution in [0.25, 0.3) is 0 Å². The number of carbonyl (C=O) groups excluding carboxylic acids is 2. The van der Waals surface area contributed by atoms with Crippen molar-refractivity contribution in [3.63, 3.8) is 0 Å². The summed E-state index contributed by atoms with van der Waals surface area (Å²) >= 11 is 0. The Balaban J connectivity index is 2.20. The van der Waals surface area contributed by atoms with Gasteiger partial charge in [0.15, 0.2) is 0 Å². The minimum atomic E-state index is -3.92. The predicted octanol–water partition coefficient (Wildman–Crippen LogP) is 0.328. The van der Waals surface area contributed by atoms with Crippen molar-refractivity contribution in [2.24, 2.45) is 0 Å². The fourth-order valence-corrected chi connectivity index (χ4v) is 3.71. The highest BCUT2D eigenvalue weighted by Gasteiger charge is 2.41. The molecule has 1 aliphatic rings. The molecule has 1 heterocycles. The van der Waals surface area contributed by atoms with Crippen LogP contribution in [-0.4, -0.2) is 37.1 Å². The van der Waals surface area contributed by atoms with E-state index in [1.165, 1.54) is 18.2 Å². The fourth-order valence-electron chi connectivity index (χ4n) is 2.11. The fraction of sp³-hybridized carbons (Fsp3) is 0.385. The van der Waals surface area contributed by atoms with Gasteiger partial charge in [0, 0.05) is 24.7 Å². The Bertz CT molecular complexity index is 697. The summed E-state index contributed by atoms with van der Waals surface area (Å²) in [6.07, 6.45) is -0.0768. The van der Waals surface area contributed by atoms with Crippen LogP contribution in [0.1, 0.15) is 30.6 Å². The lowest BCUT2D eigenvalue weighted by atomic mass is 10.2. The second-order valence-electron chi connectivity index (χ2n) is 5.11. The number of carbonyl (C=O) groups is 2. The van der Waals surface area contributed by atoms with Crippen molar-refractivity contribution in [1.82, 2.24) is 9.62 Å². The molecule has 0 saturated carbocycles. The van der Waals surface area contributed by atoms with Crippen LogP contribution in [0.2, 0.25) is 0 Å². The highest BCUT2D eigenvalue weighted by molar-refractivity contribution is 7.90. The van der Waals surface area contributed by atoms with E-state index in [9.17, 15) is 18.0 Å². The van der Waals surface area contributed by atoms with Gasteiger partial charge in [0.2, 0.25) is 5.91 Å². The van der Waals surface area contributed by atoms with Gasteiger partial charge in [-0.2, -0.15) is 0 Å². The lowest BCUT2D eigenvalue weighted by Crippen LogP contribution is -2.36. The Kier molecular flexibility index (Phi) is 3.91. The second-order valence-corrected chi connectivity index (χ2v) is 6.94. The zero-order valence-electron chi connectivity index (χ0n) is 11.8. The van der Waals surface area contributed by atoms with Crippen LogP contribution in [0.5, 0.6) is 0 Å². The van der Waals surface area contributed by atoms with E-state index < -0.39 is 15.9 Å². The standard InChI is InChI=1S/C13H17N3O4S/c1-8(2)15-12(17)5-6-16-13(18)10-4-3-9(14)7-11(10)21(16,19)20/h3-4,7-8H,5-6,14H2,1-2H3,(H,15,17). The summed E-state index contributed by atoms with van der Waals surface area (Å²) in [6.45, 7) is 3.41. The van der Waals surface area contributed by atoms with Crippen molar-refractivity contribution in [1.29, 1.82) is 0 Å². The zero-order valence-corrected chi connectivity index (χ0v) is 12.6. The molecule has 7 nitrogen and oxygen atoms in total. The number of nitrogens with two attached hydrogens (primary N) is 1. The van der Waals surface area contributed by atoms with E-state index >= 15 is 0 Å². The molecule has 0 unspecified atom stereocenters. The quantitative estimate of drug-likeness (QED) is 0.779. The van der Waals surface area contributed by atoms with Gasteiger partial charge >= 0.3 is 0 Å². The Morgan fingerprint density at radius 1 is 1.38 bits per heavy atom. The van der Waals surface area contributed by atoms with E-state index in [0.29, 0.717) is 0 Å². The van der Waals surface area contributed by atoms with Crippen LogP contribution >= 0.6 is 0 Å². The topological polar surface area (TPSA) is 110 Å². The van der Waals surface area contributed by atoms with Crippen LogP contribution in [0, 0.1) is 0 Å². The Morgan fingerprint density at radius 3 is 2.67 bits per heavy atom. The van der Waals surface area contributed by atoms with E-state index in [2.05, 4.69) is 5.32 Å². The summed E-state index contributed by atoms with van der Waals surface area (Å²) in [6, 6.07) is 4.08. The van der Waals surface area contributed by atoms with Gasteiger partial charge in [0.25, 0.3) is 15.9 Å². The molecule has 2 rings (SSSR count). The van der Waals surface area contributed by atoms with Crippen LogP contribution in [0.4, 0.5) is 5.69 Å². The highest BCUT2D eigenvalue weighted by atomic mass is 32.2. The van der Waals surface area contributed by atoms with Crippen LogP contribution in [-0.2, 0) is 14.8 Å². The number of hydrogen-bond donors (Lipinski definition) is 2. The number of hydrogen-bond acceptors (Lipinski definition) is 5. The smallest absolute Gasteiger partial charge is 0.269 e. The van der Waals surface area contributed by atoms with Crippen molar-refractivity contribution in [3.05, 3.63) is 23.8 Å². The van der Waals surface area contributed by atoms with E-state index in [-0.39, 0.29) is 41.1 Å². The van der Waals surface area contributed by atoms with E-state index in [1.807, 2.05) is 0 Å².